The van der Waals surface area contributed by atoms with Gasteiger partial charge in [-0.05, 0) is 76.7 Å². The van der Waals surface area contributed by atoms with E-state index in [4.69, 9.17) is 18.0 Å². The van der Waals surface area contributed by atoms with Crippen LogP contribution in [0.15, 0.2) is 64.3 Å². The van der Waals surface area contributed by atoms with Gasteiger partial charge in [0.15, 0.2) is 31.2 Å². The third kappa shape index (κ3) is 7.54. The minimum absolute atomic E-state index is 0.00352. The van der Waals surface area contributed by atoms with Gasteiger partial charge in [-0.2, -0.15) is 0 Å². The molecule has 1 aliphatic heterocycles. The van der Waals surface area contributed by atoms with Gasteiger partial charge in [0.25, 0.3) is 5.56 Å². The average Bonchev–Trinajstić information content (AvgIpc) is 3.49. The second-order valence-electron chi connectivity index (χ2n) is 19.2. The van der Waals surface area contributed by atoms with Crippen LogP contribution >= 0.6 is 0 Å². The summed E-state index contributed by atoms with van der Waals surface area (Å²) in [5, 5.41) is -0.202. The number of nitrogens with zero attached hydrogens (tertiary/aromatic N) is 1. The molecule has 0 amide bonds. The summed E-state index contributed by atoms with van der Waals surface area (Å²) >= 11 is 0. The molecule has 0 spiro atoms. The molecule has 0 bridgehead atoms. The van der Waals surface area contributed by atoms with Gasteiger partial charge in [-0.3, -0.25) is 14.3 Å². The number of hydrogen-bond donors (Lipinski definition) is 1. The third-order valence-electron chi connectivity index (χ3n) is 12.6. The van der Waals surface area contributed by atoms with Crippen LogP contribution in [0.5, 0.6) is 0 Å². The van der Waals surface area contributed by atoms with Crippen molar-refractivity contribution in [3.63, 3.8) is 0 Å². The maximum absolute atomic E-state index is 14.0. The van der Waals surface area contributed by atoms with Gasteiger partial charge in [-0.15, -0.1) is 0 Å². The highest BCUT2D eigenvalue weighted by molar-refractivity contribution is 6.75. The maximum Gasteiger partial charge on any atom is 0.330 e. The molecule has 0 unspecified atom stereocenters. The fourth-order valence-corrected chi connectivity index (χ4v) is 9.88. The number of fused-ring (bicyclic) bond motifs is 3. The van der Waals surface area contributed by atoms with Crippen molar-refractivity contribution in [3.8, 4) is 11.1 Å². The minimum atomic E-state index is -2.45. The summed E-state index contributed by atoms with van der Waals surface area (Å²) in [7, 11) is -7.02. The predicted molar refractivity (Wildman–Crippen MR) is 215 cm³/mol. The molecule has 4 atom stereocenters. The van der Waals surface area contributed by atoms with E-state index in [0.29, 0.717) is 12.2 Å². The molecule has 1 fully saturated rings. The van der Waals surface area contributed by atoms with E-state index in [0.717, 1.165) is 22.3 Å². The number of H-pyrrole nitrogens is 1. The van der Waals surface area contributed by atoms with Gasteiger partial charge in [0.05, 0.1) is 6.61 Å². The van der Waals surface area contributed by atoms with Crippen LogP contribution in [0.1, 0.15) is 91.1 Å². The molecule has 0 radical (unpaired) electrons. The Kier molecular flexibility index (Phi) is 10.5. The summed E-state index contributed by atoms with van der Waals surface area (Å²) in [6.07, 6.45) is -0.740. The van der Waals surface area contributed by atoms with Crippen molar-refractivity contribution in [1.29, 1.82) is 0 Å². The zero-order valence-corrected chi connectivity index (χ0v) is 36.7. The van der Waals surface area contributed by atoms with E-state index in [1.165, 1.54) is 0 Å². The smallest absolute Gasteiger partial charge is 0.330 e. The SMILES string of the molecule is CC(C)(C)[Si](C)(C)OC[C@H]1O[C@@H](n2cc(C3c4ccccc4-c4ccccc43)c(=O)[nH]c2=O)[C@H](O[Si](C)(C)C(C)(C)C)[C@@H]1O[Si](C)(C)C(C)(C)C. The van der Waals surface area contributed by atoms with Gasteiger partial charge in [0, 0.05) is 17.7 Å². The minimum Gasteiger partial charge on any atom is -0.414 e. The molecular weight excluding hydrogens is 689 g/mol. The van der Waals surface area contributed by atoms with Crippen LogP contribution in [0.3, 0.4) is 0 Å². The molecule has 0 saturated carbocycles. The number of hydrogen-bond acceptors (Lipinski definition) is 6. The first-order chi connectivity index (χ1) is 23.3. The van der Waals surface area contributed by atoms with E-state index in [-0.39, 0.29) is 21.0 Å². The van der Waals surface area contributed by atoms with E-state index in [2.05, 4.69) is 131 Å². The summed E-state index contributed by atoms with van der Waals surface area (Å²) in [5.41, 5.74) is 3.82. The summed E-state index contributed by atoms with van der Waals surface area (Å²) in [6.45, 7) is 33.7. The van der Waals surface area contributed by atoms with Gasteiger partial charge in [-0.25, -0.2) is 4.79 Å². The third-order valence-corrected chi connectivity index (χ3v) is 26.0. The van der Waals surface area contributed by atoms with Crippen LogP contribution in [0.4, 0.5) is 0 Å². The fourth-order valence-electron chi connectivity index (χ4n) is 6.26. The van der Waals surface area contributed by atoms with E-state index < -0.39 is 60.7 Å². The van der Waals surface area contributed by atoms with Crippen molar-refractivity contribution in [2.45, 2.75) is 147 Å². The van der Waals surface area contributed by atoms with Crippen molar-refractivity contribution >= 4 is 25.0 Å². The average molecular weight is 751 g/mol. The second kappa shape index (κ2) is 13.5. The first kappa shape index (κ1) is 39.8. The Bertz CT molecular complexity index is 1820. The molecule has 51 heavy (non-hydrogen) atoms. The molecule has 1 saturated heterocycles. The largest absolute Gasteiger partial charge is 0.414 e. The molecule has 1 aromatic heterocycles. The summed E-state index contributed by atoms with van der Waals surface area (Å²) in [6, 6.07) is 16.4. The zero-order chi connectivity index (χ0) is 38.1. The number of aromatic amines is 1. The Hall–Kier alpha value is -2.39. The molecule has 2 aromatic carbocycles. The monoisotopic (exact) mass is 750 g/mol. The van der Waals surface area contributed by atoms with Crippen LogP contribution in [0.2, 0.25) is 54.4 Å². The van der Waals surface area contributed by atoms with Gasteiger partial charge >= 0.3 is 5.69 Å². The van der Waals surface area contributed by atoms with Crippen LogP contribution in [-0.4, -0.2) is 59.4 Å². The quantitative estimate of drug-likeness (QED) is 0.172. The number of benzene rings is 2. The van der Waals surface area contributed by atoms with Crippen LogP contribution in [-0.2, 0) is 18.0 Å². The molecule has 1 N–H and O–H groups in total. The highest BCUT2D eigenvalue weighted by atomic mass is 28.4. The van der Waals surface area contributed by atoms with Crippen molar-refractivity contribution in [2.75, 3.05) is 6.61 Å². The molecule has 11 heteroatoms. The van der Waals surface area contributed by atoms with Crippen LogP contribution in [0, 0.1) is 0 Å². The zero-order valence-electron chi connectivity index (χ0n) is 33.7. The lowest BCUT2D eigenvalue weighted by Gasteiger charge is -2.44. The number of nitrogens with one attached hydrogen (secondary N) is 1. The molecule has 8 nitrogen and oxygen atoms in total. The number of rotatable bonds is 9. The Balaban J connectivity index is 1.68. The molecule has 2 heterocycles. The topological polar surface area (TPSA) is 91.8 Å². The second-order valence-corrected chi connectivity index (χ2v) is 33.5. The van der Waals surface area contributed by atoms with Crippen LogP contribution < -0.4 is 11.2 Å². The molecule has 2 aliphatic rings. The molecule has 1 aliphatic carbocycles. The predicted octanol–water partition coefficient (Wildman–Crippen LogP) is 9.40. The van der Waals surface area contributed by atoms with Crippen LogP contribution in [0.25, 0.3) is 11.1 Å². The van der Waals surface area contributed by atoms with E-state index in [1.54, 1.807) is 10.8 Å². The normalized spacial score (nSPS) is 21.9. The highest BCUT2D eigenvalue weighted by Gasteiger charge is 2.55. The Morgan fingerprint density at radius 3 is 1.59 bits per heavy atom. The van der Waals surface area contributed by atoms with Gasteiger partial charge in [-0.1, -0.05) is 111 Å². The summed E-state index contributed by atoms with van der Waals surface area (Å²) < 4.78 is 30.0. The van der Waals surface area contributed by atoms with Crippen molar-refractivity contribution in [2.24, 2.45) is 0 Å². The van der Waals surface area contributed by atoms with Gasteiger partial charge < -0.3 is 18.0 Å². The molecule has 3 aromatic rings. The maximum atomic E-state index is 14.0. The lowest BCUT2D eigenvalue weighted by Crippen LogP contribution is -2.55. The molecule has 280 valence electrons. The number of ether oxygens (including phenoxy) is 1. The van der Waals surface area contributed by atoms with E-state index in [1.807, 2.05) is 24.3 Å². The van der Waals surface area contributed by atoms with Crippen molar-refractivity contribution in [3.05, 3.63) is 92.3 Å². The highest BCUT2D eigenvalue weighted by Crippen LogP contribution is 2.49. The first-order valence-corrected chi connectivity index (χ1v) is 27.2. The lowest BCUT2D eigenvalue weighted by atomic mass is 9.91. The first-order valence-electron chi connectivity index (χ1n) is 18.5. The standard InChI is InChI=1S/C40H62N2O6Si3/c1-38(2,3)49(10,11)45-25-31-33(47-50(12,13)39(4,5)6)34(48-51(14,15)40(7,8)9)36(46-31)42-24-30(35(43)41-37(42)44)32-28-22-18-16-20-26(28)27-21-17-19-23-29(27)32/h16-24,31-34,36H,25H2,1-15H3,(H,41,43,44)/t31-,33-,34-,36-/m1/s1. The van der Waals surface area contributed by atoms with Gasteiger partial charge in [0.2, 0.25) is 0 Å². The Morgan fingerprint density at radius 2 is 1.12 bits per heavy atom. The fraction of sp³-hybridized carbons (Fsp3) is 0.600. The van der Waals surface area contributed by atoms with E-state index in [9.17, 15) is 9.59 Å². The van der Waals surface area contributed by atoms with E-state index >= 15 is 0 Å². The van der Waals surface area contributed by atoms with Gasteiger partial charge in [0.1, 0.15) is 18.3 Å². The Morgan fingerprint density at radius 1 is 0.667 bits per heavy atom. The summed E-state index contributed by atoms with van der Waals surface area (Å²) in [4.78, 5) is 30.5. The Labute approximate surface area is 308 Å². The lowest BCUT2D eigenvalue weighted by molar-refractivity contribution is -0.0511. The molecular formula is C40H62N2O6Si3. The van der Waals surface area contributed by atoms with Crippen molar-refractivity contribution in [1.82, 2.24) is 9.55 Å². The van der Waals surface area contributed by atoms with Crippen molar-refractivity contribution < 1.29 is 18.0 Å². The number of aromatic nitrogens is 2. The molecule has 5 rings (SSSR count). The summed E-state index contributed by atoms with van der Waals surface area (Å²) in [5.74, 6) is -0.342.